The number of anilines is 2. The molecule has 4 N–H and O–H groups in total. The zero-order chi connectivity index (χ0) is 9.42. The summed E-state index contributed by atoms with van der Waals surface area (Å²) in [5.74, 6) is 0.489. The van der Waals surface area contributed by atoms with E-state index in [1.165, 1.54) is 0 Å². The van der Waals surface area contributed by atoms with E-state index in [9.17, 15) is 0 Å². The van der Waals surface area contributed by atoms with Crippen LogP contribution in [0.2, 0.25) is 5.02 Å². The summed E-state index contributed by atoms with van der Waals surface area (Å²) in [6, 6.07) is 5.33. The minimum Gasteiger partial charge on any atom is -0.383 e. The third kappa shape index (κ3) is 1.25. The van der Waals surface area contributed by atoms with E-state index < -0.39 is 0 Å². The number of nitrogens with two attached hydrogens (primary N) is 2. The van der Waals surface area contributed by atoms with Gasteiger partial charge in [0.2, 0.25) is 5.95 Å². The maximum absolute atomic E-state index is 5.90. The lowest BCUT2D eigenvalue weighted by atomic mass is 10.2. The fourth-order valence-corrected chi connectivity index (χ4v) is 1.38. The average Bonchev–Trinajstić information content (AvgIpc) is 2.07. The van der Waals surface area contributed by atoms with Gasteiger partial charge >= 0.3 is 0 Å². The van der Waals surface area contributed by atoms with Gasteiger partial charge in [0.05, 0.1) is 10.5 Å². The van der Waals surface area contributed by atoms with Crippen LogP contribution in [0.5, 0.6) is 0 Å². The molecule has 0 amide bonds. The highest BCUT2D eigenvalue weighted by atomic mass is 35.5. The summed E-state index contributed by atoms with van der Waals surface area (Å²) in [7, 11) is 0. The quantitative estimate of drug-likeness (QED) is 0.666. The van der Waals surface area contributed by atoms with E-state index in [0.717, 1.165) is 5.39 Å². The second kappa shape index (κ2) is 2.74. The number of para-hydroxylation sites is 1. The van der Waals surface area contributed by atoms with Gasteiger partial charge in [-0.1, -0.05) is 17.7 Å². The Balaban J connectivity index is 2.94. The minimum atomic E-state index is 0.137. The van der Waals surface area contributed by atoms with Crippen molar-refractivity contribution in [2.45, 2.75) is 0 Å². The maximum Gasteiger partial charge on any atom is 0.222 e. The second-order valence-corrected chi connectivity index (χ2v) is 3.01. The largest absolute Gasteiger partial charge is 0.383 e. The number of halogens is 1. The van der Waals surface area contributed by atoms with Crippen LogP contribution in [0.3, 0.4) is 0 Å². The Morgan fingerprint density at radius 2 is 1.92 bits per heavy atom. The second-order valence-electron chi connectivity index (χ2n) is 2.60. The predicted molar refractivity (Wildman–Crippen MR) is 53.4 cm³/mol. The number of hydrogen-bond acceptors (Lipinski definition) is 4. The molecule has 0 atom stereocenters. The van der Waals surface area contributed by atoms with Crippen LogP contribution in [0, 0.1) is 0 Å². The fraction of sp³-hybridized carbons (Fsp3) is 0. The molecule has 2 rings (SSSR count). The number of nitrogen functional groups attached to an aromatic ring is 2. The number of hydrogen-bond donors (Lipinski definition) is 2. The molecule has 4 nitrogen and oxygen atoms in total. The van der Waals surface area contributed by atoms with Gasteiger partial charge in [-0.3, -0.25) is 0 Å². The Hall–Kier alpha value is -1.55. The summed E-state index contributed by atoms with van der Waals surface area (Å²) >= 11 is 5.90. The summed E-state index contributed by atoms with van der Waals surface area (Å²) in [5.41, 5.74) is 11.7. The van der Waals surface area contributed by atoms with Crippen molar-refractivity contribution in [1.82, 2.24) is 9.97 Å². The highest BCUT2D eigenvalue weighted by molar-refractivity contribution is 6.35. The van der Waals surface area contributed by atoms with Gasteiger partial charge in [-0.25, -0.2) is 4.98 Å². The SMILES string of the molecule is Nc1nc(N)c2cccc(Cl)c2n1. The molecule has 0 saturated carbocycles. The molecule has 1 heterocycles. The molecular weight excluding hydrogens is 188 g/mol. The molecule has 1 aromatic carbocycles. The molecule has 5 heteroatoms. The van der Waals surface area contributed by atoms with Crippen LogP contribution >= 0.6 is 11.6 Å². The predicted octanol–water partition coefficient (Wildman–Crippen LogP) is 1.45. The molecule has 0 aliphatic carbocycles. The molecule has 0 bridgehead atoms. The lowest BCUT2D eigenvalue weighted by Crippen LogP contribution is -2.00. The average molecular weight is 195 g/mol. The van der Waals surface area contributed by atoms with Gasteiger partial charge in [-0.05, 0) is 12.1 Å². The van der Waals surface area contributed by atoms with Crippen LogP contribution < -0.4 is 11.5 Å². The monoisotopic (exact) mass is 194 g/mol. The van der Waals surface area contributed by atoms with E-state index in [1.807, 2.05) is 0 Å². The van der Waals surface area contributed by atoms with Crippen molar-refractivity contribution >= 4 is 34.3 Å². The molecule has 0 aliphatic heterocycles. The number of nitrogens with zero attached hydrogens (tertiary/aromatic N) is 2. The van der Waals surface area contributed by atoms with Gasteiger partial charge in [-0.15, -0.1) is 0 Å². The van der Waals surface area contributed by atoms with E-state index in [1.54, 1.807) is 18.2 Å². The lowest BCUT2D eigenvalue weighted by molar-refractivity contribution is 1.25. The fourth-order valence-electron chi connectivity index (χ4n) is 1.16. The first-order valence-electron chi connectivity index (χ1n) is 3.65. The van der Waals surface area contributed by atoms with E-state index in [2.05, 4.69) is 9.97 Å². The number of benzene rings is 1. The first kappa shape index (κ1) is 8.07. The van der Waals surface area contributed by atoms with Crippen molar-refractivity contribution in [2.24, 2.45) is 0 Å². The molecule has 1 aromatic heterocycles. The van der Waals surface area contributed by atoms with Crippen molar-refractivity contribution in [3.05, 3.63) is 23.2 Å². The van der Waals surface area contributed by atoms with E-state index in [4.69, 9.17) is 23.1 Å². The summed E-state index contributed by atoms with van der Waals surface area (Å²) in [6.45, 7) is 0. The number of rotatable bonds is 0. The Morgan fingerprint density at radius 3 is 2.69 bits per heavy atom. The van der Waals surface area contributed by atoms with Crippen LogP contribution in [0.15, 0.2) is 18.2 Å². The molecule has 0 unspecified atom stereocenters. The van der Waals surface area contributed by atoms with Gasteiger partial charge in [0.15, 0.2) is 0 Å². The molecule has 0 aliphatic rings. The molecule has 0 saturated heterocycles. The third-order valence-electron chi connectivity index (χ3n) is 1.72. The summed E-state index contributed by atoms with van der Waals surface area (Å²) < 4.78 is 0. The highest BCUT2D eigenvalue weighted by Gasteiger charge is 2.05. The smallest absolute Gasteiger partial charge is 0.222 e. The van der Waals surface area contributed by atoms with Gasteiger partial charge in [0.1, 0.15) is 5.82 Å². The molecular formula is C8H7ClN4. The summed E-state index contributed by atoms with van der Waals surface area (Å²) in [5, 5.41) is 1.25. The Morgan fingerprint density at radius 1 is 1.15 bits per heavy atom. The van der Waals surface area contributed by atoms with Crippen LogP contribution in [0.25, 0.3) is 10.9 Å². The van der Waals surface area contributed by atoms with E-state index in [-0.39, 0.29) is 5.95 Å². The van der Waals surface area contributed by atoms with Gasteiger partial charge in [-0.2, -0.15) is 4.98 Å². The van der Waals surface area contributed by atoms with Gasteiger partial charge < -0.3 is 11.5 Å². The molecule has 0 spiro atoms. The van der Waals surface area contributed by atoms with Crippen molar-refractivity contribution in [2.75, 3.05) is 11.5 Å². The normalized spacial score (nSPS) is 10.5. The standard InChI is InChI=1S/C8H7ClN4/c9-5-3-1-2-4-6(5)12-8(11)13-7(4)10/h1-3H,(H4,10,11,12,13). The molecule has 0 fully saturated rings. The summed E-state index contributed by atoms with van der Waals surface area (Å²) in [4.78, 5) is 7.82. The van der Waals surface area contributed by atoms with E-state index >= 15 is 0 Å². The first-order valence-corrected chi connectivity index (χ1v) is 4.03. The van der Waals surface area contributed by atoms with Crippen molar-refractivity contribution in [3.63, 3.8) is 0 Å². The summed E-state index contributed by atoms with van der Waals surface area (Å²) in [6.07, 6.45) is 0. The first-order chi connectivity index (χ1) is 6.18. The third-order valence-corrected chi connectivity index (χ3v) is 2.03. The Bertz CT molecular complexity index is 469. The van der Waals surface area contributed by atoms with Crippen molar-refractivity contribution in [3.8, 4) is 0 Å². The van der Waals surface area contributed by atoms with Crippen LogP contribution in [0.1, 0.15) is 0 Å². The number of aromatic nitrogens is 2. The molecule has 66 valence electrons. The topological polar surface area (TPSA) is 77.8 Å². The van der Waals surface area contributed by atoms with Crippen molar-refractivity contribution < 1.29 is 0 Å². The van der Waals surface area contributed by atoms with Gasteiger partial charge in [0, 0.05) is 5.39 Å². The maximum atomic E-state index is 5.90. The zero-order valence-electron chi connectivity index (χ0n) is 6.66. The Labute approximate surface area is 79.5 Å². The number of fused-ring (bicyclic) bond motifs is 1. The Kier molecular flexibility index (Phi) is 1.70. The minimum absolute atomic E-state index is 0.137. The van der Waals surface area contributed by atoms with E-state index in [0.29, 0.717) is 16.4 Å². The van der Waals surface area contributed by atoms with Crippen LogP contribution in [-0.4, -0.2) is 9.97 Å². The van der Waals surface area contributed by atoms with Crippen molar-refractivity contribution in [1.29, 1.82) is 0 Å². The molecule has 13 heavy (non-hydrogen) atoms. The van der Waals surface area contributed by atoms with Crippen LogP contribution in [-0.2, 0) is 0 Å². The zero-order valence-corrected chi connectivity index (χ0v) is 7.42. The molecule has 2 aromatic rings. The molecule has 0 radical (unpaired) electrons. The highest BCUT2D eigenvalue weighted by Crippen LogP contribution is 2.24. The van der Waals surface area contributed by atoms with Gasteiger partial charge in [0.25, 0.3) is 0 Å². The van der Waals surface area contributed by atoms with Crippen LogP contribution in [0.4, 0.5) is 11.8 Å². The lowest BCUT2D eigenvalue weighted by Gasteiger charge is -2.02.